The number of benzene rings is 2. The van der Waals surface area contributed by atoms with Crippen LogP contribution in [0.4, 0.5) is 5.69 Å². The van der Waals surface area contributed by atoms with Crippen LogP contribution in [-0.4, -0.2) is 26.0 Å². The molecule has 2 aromatic rings. The van der Waals surface area contributed by atoms with E-state index < -0.39 is 16.0 Å². The van der Waals surface area contributed by atoms with Crippen LogP contribution in [0.25, 0.3) is 0 Å². The predicted molar refractivity (Wildman–Crippen MR) is 94.4 cm³/mol. The van der Waals surface area contributed by atoms with E-state index in [9.17, 15) is 13.2 Å². The molecule has 0 radical (unpaired) electrons. The number of halogens is 2. The second-order valence-corrected chi connectivity index (χ2v) is 7.76. The second kappa shape index (κ2) is 7.42. The number of nitrogens with zero attached hydrogens (tertiary/aromatic N) is 1. The van der Waals surface area contributed by atoms with Gasteiger partial charge in [0.1, 0.15) is 0 Å². The summed E-state index contributed by atoms with van der Waals surface area (Å²) in [7, 11) is -3.95. The normalized spacial score (nSPS) is 11.3. The molecule has 0 aromatic heterocycles. The summed E-state index contributed by atoms with van der Waals surface area (Å²) in [5, 5.41) is 9.75. The number of carboxylic acid groups (broad SMARTS) is 1. The van der Waals surface area contributed by atoms with Crippen molar-refractivity contribution >= 4 is 44.9 Å². The minimum Gasteiger partial charge on any atom is -0.481 e. The molecule has 0 bridgehead atoms. The van der Waals surface area contributed by atoms with Gasteiger partial charge in [-0.1, -0.05) is 29.3 Å². The molecule has 5 nitrogen and oxygen atoms in total. The maximum atomic E-state index is 13.0. The van der Waals surface area contributed by atoms with Gasteiger partial charge in [-0.15, -0.1) is 0 Å². The molecule has 24 heavy (non-hydrogen) atoms. The molecule has 128 valence electrons. The van der Waals surface area contributed by atoms with Gasteiger partial charge in [0.2, 0.25) is 0 Å². The smallest absolute Gasteiger partial charge is 0.305 e. The lowest BCUT2D eigenvalue weighted by Gasteiger charge is -2.26. The van der Waals surface area contributed by atoms with Gasteiger partial charge in [-0.25, -0.2) is 8.42 Å². The van der Waals surface area contributed by atoms with Gasteiger partial charge in [0.05, 0.1) is 17.0 Å². The predicted octanol–water partition coefficient (Wildman–Crippen LogP) is 3.97. The van der Waals surface area contributed by atoms with Gasteiger partial charge >= 0.3 is 5.97 Å². The Hall–Kier alpha value is -1.76. The third kappa shape index (κ3) is 4.01. The molecule has 0 atom stereocenters. The van der Waals surface area contributed by atoms with Gasteiger partial charge in [0, 0.05) is 16.6 Å². The number of hydrogen-bond donors (Lipinski definition) is 1. The lowest BCUT2D eigenvalue weighted by Crippen LogP contribution is -2.33. The highest BCUT2D eigenvalue weighted by molar-refractivity contribution is 7.92. The molecular weight excluding hydrogens is 373 g/mol. The molecule has 0 saturated heterocycles. The summed E-state index contributed by atoms with van der Waals surface area (Å²) < 4.78 is 27.0. The Kier molecular flexibility index (Phi) is 5.74. The van der Waals surface area contributed by atoms with Gasteiger partial charge in [0.15, 0.2) is 0 Å². The fourth-order valence-electron chi connectivity index (χ4n) is 2.17. The quantitative estimate of drug-likeness (QED) is 0.813. The van der Waals surface area contributed by atoms with Gasteiger partial charge in [-0.2, -0.15) is 0 Å². The van der Waals surface area contributed by atoms with Crippen molar-refractivity contribution in [2.75, 3.05) is 10.8 Å². The molecule has 0 amide bonds. The first kappa shape index (κ1) is 18.6. The largest absolute Gasteiger partial charge is 0.481 e. The van der Waals surface area contributed by atoms with Crippen LogP contribution in [0.2, 0.25) is 10.0 Å². The minimum absolute atomic E-state index is 0.0247. The second-order valence-electron chi connectivity index (χ2n) is 5.06. The number of aliphatic carboxylic acids is 1. The maximum absolute atomic E-state index is 13.0. The first-order chi connectivity index (χ1) is 11.2. The number of carboxylic acids is 1. The molecule has 2 aromatic carbocycles. The van der Waals surface area contributed by atoms with Crippen LogP contribution in [0, 0.1) is 6.92 Å². The molecule has 0 unspecified atom stereocenters. The molecule has 0 aliphatic heterocycles. The van der Waals surface area contributed by atoms with Crippen molar-refractivity contribution in [2.24, 2.45) is 0 Å². The summed E-state index contributed by atoms with van der Waals surface area (Å²) in [5.74, 6) is -1.09. The van der Waals surface area contributed by atoms with Crippen LogP contribution >= 0.6 is 23.2 Å². The van der Waals surface area contributed by atoms with Crippen molar-refractivity contribution in [3.8, 4) is 0 Å². The first-order valence-corrected chi connectivity index (χ1v) is 9.18. The van der Waals surface area contributed by atoms with E-state index >= 15 is 0 Å². The van der Waals surface area contributed by atoms with E-state index in [2.05, 4.69) is 0 Å². The minimum atomic E-state index is -3.95. The van der Waals surface area contributed by atoms with E-state index in [1.165, 1.54) is 24.3 Å². The molecule has 8 heteroatoms. The number of sulfonamides is 1. The van der Waals surface area contributed by atoms with E-state index in [0.29, 0.717) is 21.3 Å². The highest BCUT2D eigenvalue weighted by atomic mass is 35.5. The summed E-state index contributed by atoms with van der Waals surface area (Å²) in [4.78, 5) is 11.0. The average molecular weight is 388 g/mol. The first-order valence-electron chi connectivity index (χ1n) is 6.98. The molecule has 2 rings (SSSR count). The van der Waals surface area contributed by atoms with Gasteiger partial charge in [-0.05, 0) is 48.9 Å². The Bertz CT molecular complexity index is 851. The van der Waals surface area contributed by atoms with Gasteiger partial charge < -0.3 is 5.11 Å². The third-order valence-corrected chi connectivity index (χ3v) is 5.93. The van der Waals surface area contributed by atoms with E-state index in [-0.39, 0.29) is 17.9 Å². The SMILES string of the molecule is Cc1c(Cl)cccc1N(CCC(=O)O)S(=O)(=O)c1ccc(Cl)cc1. The Morgan fingerprint density at radius 2 is 1.75 bits per heavy atom. The number of hydrogen-bond acceptors (Lipinski definition) is 3. The van der Waals surface area contributed by atoms with Crippen molar-refractivity contribution in [1.82, 2.24) is 0 Å². The summed E-state index contributed by atoms with van der Waals surface area (Å²) in [6.07, 6.45) is -0.335. The van der Waals surface area contributed by atoms with Crippen molar-refractivity contribution in [2.45, 2.75) is 18.2 Å². The standard InChI is InChI=1S/C16H15Cl2NO4S/c1-11-14(18)3-2-4-15(11)19(10-9-16(20)21)24(22,23)13-7-5-12(17)6-8-13/h2-8H,9-10H2,1H3,(H,20,21). The van der Waals surface area contributed by atoms with Gasteiger partial charge in [-0.3, -0.25) is 9.10 Å². The molecule has 0 aliphatic carbocycles. The van der Waals surface area contributed by atoms with Crippen LogP contribution < -0.4 is 4.31 Å². The molecule has 0 aliphatic rings. The Morgan fingerprint density at radius 1 is 1.12 bits per heavy atom. The van der Waals surface area contributed by atoms with E-state index in [1.54, 1.807) is 25.1 Å². The number of carbonyl (C=O) groups is 1. The van der Waals surface area contributed by atoms with Crippen LogP contribution in [0.15, 0.2) is 47.4 Å². The van der Waals surface area contributed by atoms with Crippen molar-refractivity contribution in [3.63, 3.8) is 0 Å². The third-order valence-electron chi connectivity index (χ3n) is 3.44. The summed E-state index contributed by atoms with van der Waals surface area (Å²) in [5.41, 5.74) is 0.904. The zero-order chi connectivity index (χ0) is 17.9. The average Bonchev–Trinajstić information content (AvgIpc) is 2.51. The van der Waals surface area contributed by atoms with Crippen LogP contribution in [0.1, 0.15) is 12.0 Å². The fourth-order valence-corrected chi connectivity index (χ4v) is 3.99. The topological polar surface area (TPSA) is 74.7 Å². The van der Waals surface area contributed by atoms with Crippen molar-refractivity contribution < 1.29 is 18.3 Å². The van der Waals surface area contributed by atoms with Crippen molar-refractivity contribution in [1.29, 1.82) is 0 Å². The lowest BCUT2D eigenvalue weighted by molar-refractivity contribution is -0.136. The van der Waals surface area contributed by atoms with Crippen LogP contribution in [0.3, 0.4) is 0 Å². The Balaban J connectivity index is 2.55. The number of rotatable bonds is 6. The molecule has 0 saturated carbocycles. The highest BCUT2D eigenvalue weighted by Crippen LogP contribution is 2.31. The number of anilines is 1. The molecule has 1 N–H and O–H groups in total. The van der Waals surface area contributed by atoms with E-state index in [1.807, 2.05) is 0 Å². The Labute approximate surface area is 150 Å². The lowest BCUT2D eigenvalue weighted by atomic mass is 10.2. The molecular formula is C16H15Cl2NO4S. The summed E-state index contributed by atoms with van der Waals surface area (Å²) >= 11 is 11.9. The van der Waals surface area contributed by atoms with E-state index in [0.717, 1.165) is 4.31 Å². The zero-order valence-corrected chi connectivity index (χ0v) is 15.1. The highest BCUT2D eigenvalue weighted by Gasteiger charge is 2.27. The van der Waals surface area contributed by atoms with Crippen LogP contribution in [0.5, 0.6) is 0 Å². The summed E-state index contributed by atoms with van der Waals surface area (Å²) in [6, 6.07) is 10.6. The zero-order valence-electron chi connectivity index (χ0n) is 12.7. The Morgan fingerprint density at radius 3 is 2.33 bits per heavy atom. The summed E-state index contributed by atoms with van der Waals surface area (Å²) in [6.45, 7) is 1.48. The van der Waals surface area contributed by atoms with E-state index in [4.69, 9.17) is 28.3 Å². The van der Waals surface area contributed by atoms with Gasteiger partial charge in [0.25, 0.3) is 10.0 Å². The molecule has 0 spiro atoms. The fraction of sp³-hybridized carbons (Fsp3) is 0.188. The van der Waals surface area contributed by atoms with Crippen LogP contribution in [-0.2, 0) is 14.8 Å². The monoisotopic (exact) mass is 387 g/mol. The molecule has 0 fully saturated rings. The van der Waals surface area contributed by atoms with Crippen molar-refractivity contribution in [3.05, 3.63) is 58.1 Å². The molecule has 0 heterocycles. The maximum Gasteiger partial charge on any atom is 0.305 e.